The van der Waals surface area contributed by atoms with E-state index in [4.69, 9.17) is 4.74 Å². The molecule has 0 bridgehead atoms. The lowest BCUT2D eigenvalue weighted by molar-refractivity contribution is 0.101. The fourth-order valence-electron chi connectivity index (χ4n) is 1.07. The van der Waals surface area contributed by atoms with Crippen LogP contribution >= 0.6 is 38.5 Å². The van der Waals surface area contributed by atoms with Crippen LogP contribution in [0.3, 0.4) is 0 Å². The Morgan fingerprint density at radius 1 is 1.57 bits per heavy atom. The van der Waals surface area contributed by atoms with Crippen LogP contribution in [0.2, 0.25) is 0 Å². The van der Waals surface area contributed by atoms with Gasteiger partial charge in [0.1, 0.15) is 5.75 Å². The maximum atomic E-state index is 11.3. The van der Waals surface area contributed by atoms with Crippen molar-refractivity contribution in [3.05, 3.63) is 25.7 Å². The van der Waals surface area contributed by atoms with Gasteiger partial charge in [-0.05, 0) is 64.5 Å². The largest absolute Gasteiger partial charge is 0.494 e. The zero-order chi connectivity index (χ0) is 10.7. The molecule has 0 amide bonds. The molecule has 0 aliphatic rings. The van der Waals surface area contributed by atoms with Crippen molar-refractivity contribution in [3.8, 4) is 5.75 Å². The van der Waals surface area contributed by atoms with Crippen molar-refractivity contribution in [1.29, 1.82) is 0 Å². The number of Topliss-reactive ketones (excluding diaryl/α,β-unsaturated/α-hetero) is 1. The average Bonchev–Trinajstić information content (AvgIpc) is 2.11. The van der Waals surface area contributed by atoms with E-state index in [0.717, 1.165) is 13.8 Å². The summed E-state index contributed by atoms with van der Waals surface area (Å²) in [5.74, 6) is 0.779. The third-order valence-corrected chi connectivity index (χ3v) is 4.22. The molecule has 76 valence electrons. The third kappa shape index (κ3) is 2.70. The van der Waals surface area contributed by atoms with Crippen molar-refractivity contribution in [2.75, 3.05) is 6.61 Å². The Bertz CT molecular complexity index is 363. The van der Waals surface area contributed by atoms with Gasteiger partial charge in [0.2, 0.25) is 0 Å². The molecule has 0 radical (unpaired) electrons. The summed E-state index contributed by atoms with van der Waals surface area (Å²) >= 11 is 5.54. The Labute approximate surface area is 105 Å². The molecular weight excluding hydrogens is 359 g/mol. The molecule has 14 heavy (non-hydrogen) atoms. The lowest BCUT2D eigenvalue weighted by atomic mass is 10.1. The Balaban J connectivity index is 3.21. The molecule has 1 aromatic rings. The molecule has 0 aromatic heterocycles. The summed E-state index contributed by atoms with van der Waals surface area (Å²) in [7, 11) is 0. The predicted octanol–water partition coefficient (Wildman–Crippen LogP) is 3.66. The summed E-state index contributed by atoms with van der Waals surface area (Å²) in [5, 5.41) is 0. The number of ketones is 1. The third-order valence-electron chi connectivity index (χ3n) is 1.69. The van der Waals surface area contributed by atoms with E-state index in [1.807, 2.05) is 13.0 Å². The first-order valence-corrected chi connectivity index (χ1v) is 6.06. The van der Waals surface area contributed by atoms with Gasteiger partial charge in [-0.2, -0.15) is 0 Å². The minimum Gasteiger partial charge on any atom is -0.494 e. The van der Waals surface area contributed by atoms with Crippen LogP contribution in [-0.4, -0.2) is 12.4 Å². The SMILES string of the molecule is CCOc1cc(Br)c(I)c(C(C)=O)c1. The summed E-state index contributed by atoms with van der Waals surface area (Å²) in [4.78, 5) is 11.3. The maximum absolute atomic E-state index is 11.3. The number of carbonyl (C=O) groups is 1. The summed E-state index contributed by atoms with van der Waals surface area (Å²) in [6.07, 6.45) is 0. The zero-order valence-electron chi connectivity index (χ0n) is 7.93. The van der Waals surface area contributed by atoms with E-state index in [1.165, 1.54) is 0 Å². The molecule has 1 rings (SSSR count). The van der Waals surface area contributed by atoms with Crippen LogP contribution in [0.5, 0.6) is 5.75 Å². The summed E-state index contributed by atoms with van der Waals surface area (Å²) < 4.78 is 7.17. The quantitative estimate of drug-likeness (QED) is 0.601. The average molecular weight is 369 g/mol. The Hall–Kier alpha value is -0.100. The fourth-order valence-corrected chi connectivity index (χ4v) is 2.20. The van der Waals surface area contributed by atoms with Gasteiger partial charge in [-0.1, -0.05) is 0 Å². The van der Waals surface area contributed by atoms with Crippen LogP contribution in [0.25, 0.3) is 0 Å². The van der Waals surface area contributed by atoms with Gasteiger partial charge < -0.3 is 4.74 Å². The summed E-state index contributed by atoms with van der Waals surface area (Å²) in [6, 6.07) is 3.65. The molecular formula is C10H10BrIO2. The molecule has 0 N–H and O–H groups in total. The molecule has 2 nitrogen and oxygen atoms in total. The molecule has 0 aliphatic heterocycles. The van der Waals surface area contributed by atoms with Crippen molar-refractivity contribution >= 4 is 44.3 Å². The molecule has 0 aliphatic carbocycles. The second kappa shape index (κ2) is 5.11. The minimum atomic E-state index is 0.0525. The van der Waals surface area contributed by atoms with Crippen LogP contribution < -0.4 is 4.74 Å². The minimum absolute atomic E-state index is 0.0525. The van der Waals surface area contributed by atoms with Crippen molar-refractivity contribution in [2.45, 2.75) is 13.8 Å². The van der Waals surface area contributed by atoms with Crippen molar-refractivity contribution in [1.82, 2.24) is 0 Å². The highest BCUT2D eigenvalue weighted by atomic mass is 127. The fraction of sp³-hybridized carbons (Fsp3) is 0.300. The number of ether oxygens (including phenoxy) is 1. The normalized spacial score (nSPS) is 10.0. The Morgan fingerprint density at radius 2 is 2.21 bits per heavy atom. The van der Waals surface area contributed by atoms with Crippen LogP contribution in [-0.2, 0) is 0 Å². The smallest absolute Gasteiger partial charge is 0.161 e. The second-order valence-corrected chi connectivity index (χ2v) is 4.69. The van der Waals surface area contributed by atoms with E-state index in [-0.39, 0.29) is 5.78 Å². The van der Waals surface area contributed by atoms with Crippen LogP contribution in [0.1, 0.15) is 24.2 Å². The van der Waals surface area contributed by atoms with E-state index in [0.29, 0.717) is 12.2 Å². The van der Waals surface area contributed by atoms with E-state index in [2.05, 4.69) is 38.5 Å². The highest BCUT2D eigenvalue weighted by molar-refractivity contribution is 14.1. The topological polar surface area (TPSA) is 26.3 Å². The number of carbonyl (C=O) groups excluding carboxylic acids is 1. The van der Waals surface area contributed by atoms with Gasteiger partial charge in [-0.3, -0.25) is 4.79 Å². The first kappa shape index (κ1) is 12.0. The van der Waals surface area contributed by atoms with E-state index in [9.17, 15) is 4.79 Å². The molecule has 0 unspecified atom stereocenters. The highest BCUT2D eigenvalue weighted by Crippen LogP contribution is 2.28. The van der Waals surface area contributed by atoms with Crippen LogP contribution in [0.15, 0.2) is 16.6 Å². The van der Waals surface area contributed by atoms with E-state index >= 15 is 0 Å². The molecule has 1 aromatic carbocycles. The number of benzene rings is 1. The Morgan fingerprint density at radius 3 is 2.71 bits per heavy atom. The van der Waals surface area contributed by atoms with Gasteiger partial charge in [0.15, 0.2) is 5.78 Å². The van der Waals surface area contributed by atoms with Gasteiger partial charge in [0.25, 0.3) is 0 Å². The molecule has 0 fully saturated rings. The summed E-state index contributed by atoms with van der Waals surface area (Å²) in [5.41, 5.74) is 0.698. The summed E-state index contributed by atoms with van der Waals surface area (Å²) in [6.45, 7) is 4.07. The van der Waals surface area contributed by atoms with Gasteiger partial charge in [0.05, 0.1) is 6.61 Å². The first-order valence-electron chi connectivity index (χ1n) is 4.19. The number of hydrogen-bond donors (Lipinski definition) is 0. The van der Waals surface area contributed by atoms with Gasteiger partial charge in [-0.15, -0.1) is 0 Å². The lowest BCUT2D eigenvalue weighted by Crippen LogP contribution is -1.99. The van der Waals surface area contributed by atoms with Gasteiger partial charge >= 0.3 is 0 Å². The van der Waals surface area contributed by atoms with Crippen molar-refractivity contribution in [2.24, 2.45) is 0 Å². The monoisotopic (exact) mass is 368 g/mol. The Kier molecular flexibility index (Phi) is 4.37. The van der Waals surface area contributed by atoms with Crippen molar-refractivity contribution < 1.29 is 9.53 Å². The van der Waals surface area contributed by atoms with E-state index in [1.54, 1.807) is 13.0 Å². The highest BCUT2D eigenvalue weighted by Gasteiger charge is 2.10. The molecule has 4 heteroatoms. The number of hydrogen-bond acceptors (Lipinski definition) is 2. The molecule has 0 saturated heterocycles. The second-order valence-electron chi connectivity index (χ2n) is 2.76. The molecule has 0 saturated carbocycles. The van der Waals surface area contributed by atoms with Crippen LogP contribution in [0, 0.1) is 3.57 Å². The number of rotatable bonds is 3. The van der Waals surface area contributed by atoms with Gasteiger partial charge in [-0.25, -0.2) is 0 Å². The van der Waals surface area contributed by atoms with Crippen molar-refractivity contribution in [3.63, 3.8) is 0 Å². The molecule has 0 heterocycles. The first-order chi connectivity index (χ1) is 6.56. The van der Waals surface area contributed by atoms with Crippen LogP contribution in [0.4, 0.5) is 0 Å². The lowest BCUT2D eigenvalue weighted by Gasteiger charge is -2.08. The zero-order valence-corrected chi connectivity index (χ0v) is 11.7. The molecule has 0 spiro atoms. The molecule has 0 atom stereocenters. The number of halogens is 2. The predicted molar refractivity (Wildman–Crippen MR) is 68.0 cm³/mol. The van der Waals surface area contributed by atoms with Gasteiger partial charge in [0, 0.05) is 13.6 Å². The maximum Gasteiger partial charge on any atom is 0.161 e. The van der Waals surface area contributed by atoms with E-state index < -0.39 is 0 Å². The standard InChI is InChI=1S/C10H10BrIO2/c1-3-14-7-4-8(6(2)13)10(12)9(11)5-7/h4-5H,3H2,1-2H3.